The second-order valence-corrected chi connectivity index (χ2v) is 7.54. The van der Waals surface area contributed by atoms with Crippen LogP contribution in [0.5, 0.6) is 0 Å². The maximum absolute atomic E-state index is 12.9. The number of benzene rings is 1. The average molecular weight is 381 g/mol. The lowest BCUT2D eigenvalue weighted by molar-refractivity contribution is -0.146. The molecule has 0 aromatic heterocycles. The third kappa shape index (κ3) is 5.46. The molecule has 0 saturated carbocycles. The summed E-state index contributed by atoms with van der Waals surface area (Å²) in [4.78, 5) is 38.1. The molecule has 0 aliphatic carbocycles. The van der Waals surface area contributed by atoms with Crippen molar-refractivity contribution in [1.82, 2.24) is 10.2 Å². The number of likely N-dealkylation sites (tertiary alicyclic amines) is 1. The second kappa shape index (κ2) is 9.03. The van der Waals surface area contributed by atoms with Gasteiger partial charge in [0, 0.05) is 23.7 Å². The van der Waals surface area contributed by atoms with Crippen LogP contribution < -0.4 is 5.32 Å². The number of hydrogen-bond acceptors (Lipinski definition) is 3. The molecule has 1 aliphatic rings. The predicted octanol–water partition coefficient (Wildman–Crippen LogP) is 2.81. The van der Waals surface area contributed by atoms with Gasteiger partial charge < -0.3 is 15.3 Å². The van der Waals surface area contributed by atoms with Crippen LogP contribution in [0, 0.1) is 11.8 Å². The highest BCUT2D eigenvalue weighted by atomic mass is 35.5. The molecule has 1 fully saturated rings. The number of halogens is 1. The summed E-state index contributed by atoms with van der Waals surface area (Å²) >= 11 is 5.84. The van der Waals surface area contributed by atoms with E-state index >= 15 is 0 Å². The molecule has 1 aromatic carbocycles. The molecule has 1 aromatic rings. The zero-order valence-corrected chi connectivity index (χ0v) is 15.8. The van der Waals surface area contributed by atoms with Crippen molar-refractivity contribution >= 4 is 29.4 Å². The van der Waals surface area contributed by atoms with Gasteiger partial charge in [0.05, 0.1) is 5.92 Å². The van der Waals surface area contributed by atoms with Crippen LogP contribution in [0.2, 0.25) is 5.02 Å². The SMILES string of the molecule is CC(C)CC(NC(=O)c1ccc(Cl)cc1)C(=O)N1CCC(C(=O)O)CC1. The number of carboxylic acid groups (broad SMARTS) is 1. The number of amides is 2. The fourth-order valence-corrected chi connectivity index (χ4v) is 3.23. The molecule has 1 heterocycles. The number of carboxylic acids is 1. The van der Waals surface area contributed by atoms with Gasteiger partial charge in [0.15, 0.2) is 0 Å². The van der Waals surface area contributed by atoms with Crippen LogP contribution in [0.25, 0.3) is 0 Å². The summed E-state index contributed by atoms with van der Waals surface area (Å²) in [7, 11) is 0. The Hall–Kier alpha value is -2.08. The van der Waals surface area contributed by atoms with Crippen LogP contribution in [0.1, 0.15) is 43.5 Å². The summed E-state index contributed by atoms with van der Waals surface area (Å²) in [6.07, 6.45) is 1.41. The van der Waals surface area contributed by atoms with E-state index in [4.69, 9.17) is 16.7 Å². The van der Waals surface area contributed by atoms with Crippen molar-refractivity contribution in [2.75, 3.05) is 13.1 Å². The monoisotopic (exact) mass is 380 g/mol. The summed E-state index contributed by atoms with van der Waals surface area (Å²) in [6.45, 7) is 4.79. The minimum absolute atomic E-state index is 0.148. The lowest BCUT2D eigenvalue weighted by Gasteiger charge is -2.33. The lowest BCUT2D eigenvalue weighted by atomic mass is 9.95. The summed E-state index contributed by atoms with van der Waals surface area (Å²) in [5.41, 5.74) is 0.445. The number of piperidine rings is 1. The minimum Gasteiger partial charge on any atom is -0.481 e. The first-order chi connectivity index (χ1) is 12.3. The number of carbonyl (C=O) groups is 3. The van der Waals surface area contributed by atoms with E-state index in [0.717, 1.165) is 0 Å². The molecule has 0 radical (unpaired) electrons. The Morgan fingerprint density at radius 3 is 2.27 bits per heavy atom. The molecule has 26 heavy (non-hydrogen) atoms. The number of hydrogen-bond donors (Lipinski definition) is 2. The Kier molecular flexibility index (Phi) is 7.03. The standard InChI is InChI=1S/C19H25ClN2O4/c1-12(2)11-16(21-17(23)13-3-5-15(20)6-4-13)18(24)22-9-7-14(8-10-22)19(25)26/h3-6,12,14,16H,7-11H2,1-2H3,(H,21,23)(H,25,26). The molecule has 2 amide bonds. The molecule has 0 bridgehead atoms. The fourth-order valence-electron chi connectivity index (χ4n) is 3.10. The van der Waals surface area contributed by atoms with Gasteiger partial charge >= 0.3 is 5.97 Å². The van der Waals surface area contributed by atoms with Gasteiger partial charge in [-0.25, -0.2) is 0 Å². The summed E-state index contributed by atoms with van der Waals surface area (Å²) < 4.78 is 0. The molecule has 0 spiro atoms. The van der Waals surface area contributed by atoms with Crippen molar-refractivity contribution in [2.24, 2.45) is 11.8 Å². The number of nitrogens with zero attached hydrogens (tertiary/aromatic N) is 1. The Labute approximate surface area is 158 Å². The number of carbonyl (C=O) groups excluding carboxylic acids is 2. The summed E-state index contributed by atoms with van der Waals surface area (Å²) in [5.74, 6) is -1.45. The Morgan fingerprint density at radius 1 is 1.19 bits per heavy atom. The molecular formula is C19H25ClN2O4. The third-order valence-electron chi connectivity index (χ3n) is 4.57. The summed E-state index contributed by atoms with van der Waals surface area (Å²) in [5, 5.41) is 12.5. The minimum atomic E-state index is -0.813. The van der Waals surface area contributed by atoms with E-state index in [0.29, 0.717) is 42.9 Å². The average Bonchev–Trinajstić information content (AvgIpc) is 2.60. The van der Waals surface area contributed by atoms with Crippen LogP contribution in [-0.2, 0) is 9.59 Å². The molecule has 142 valence electrons. The largest absolute Gasteiger partial charge is 0.481 e. The van der Waals surface area contributed by atoms with E-state index < -0.39 is 17.9 Å². The van der Waals surface area contributed by atoms with Crippen molar-refractivity contribution in [2.45, 2.75) is 39.2 Å². The first-order valence-corrected chi connectivity index (χ1v) is 9.23. The number of rotatable bonds is 6. The van der Waals surface area contributed by atoms with E-state index in [1.54, 1.807) is 29.2 Å². The highest BCUT2D eigenvalue weighted by molar-refractivity contribution is 6.30. The van der Waals surface area contributed by atoms with E-state index in [1.807, 2.05) is 13.8 Å². The molecule has 1 aliphatic heterocycles. The second-order valence-electron chi connectivity index (χ2n) is 7.10. The van der Waals surface area contributed by atoms with Crippen molar-refractivity contribution in [1.29, 1.82) is 0 Å². The topological polar surface area (TPSA) is 86.7 Å². The molecule has 1 saturated heterocycles. The fraction of sp³-hybridized carbons (Fsp3) is 0.526. The third-order valence-corrected chi connectivity index (χ3v) is 4.82. The number of nitrogens with one attached hydrogen (secondary N) is 1. The van der Waals surface area contributed by atoms with Crippen LogP contribution in [0.3, 0.4) is 0 Å². The van der Waals surface area contributed by atoms with Gasteiger partial charge in [-0.1, -0.05) is 25.4 Å². The van der Waals surface area contributed by atoms with Gasteiger partial charge in [0.2, 0.25) is 5.91 Å². The Balaban J connectivity index is 2.04. The van der Waals surface area contributed by atoms with Crippen molar-refractivity contribution < 1.29 is 19.5 Å². The molecule has 1 atom stereocenters. The highest BCUT2D eigenvalue weighted by Crippen LogP contribution is 2.19. The van der Waals surface area contributed by atoms with Crippen LogP contribution >= 0.6 is 11.6 Å². The van der Waals surface area contributed by atoms with Gasteiger partial charge in [-0.2, -0.15) is 0 Å². The van der Waals surface area contributed by atoms with Gasteiger partial charge in [-0.3, -0.25) is 14.4 Å². The quantitative estimate of drug-likeness (QED) is 0.794. The van der Waals surface area contributed by atoms with E-state index in [9.17, 15) is 14.4 Å². The van der Waals surface area contributed by atoms with Crippen LogP contribution in [0.15, 0.2) is 24.3 Å². The molecule has 2 N–H and O–H groups in total. The van der Waals surface area contributed by atoms with Gasteiger partial charge in [0.1, 0.15) is 6.04 Å². The number of aliphatic carboxylic acids is 1. The van der Waals surface area contributed by atoms with Crippen molar-refractivity contribution in [3.63, 3.8) is 0 Å². The molecule has 6 nitrogen and oxygen atoms in total. The molecule has 7 heteroatoms. The van der Waals surface area contributed by atoms with E-state index in [1.165, 1.54) is 0 Å². The first-order valence-electron chi connectivity index (χ1n) is 8.86. The van der Waals surface area contributed by atoms with Crippen molar-refractivity contribution in [3.8, 4) is 0 Å². The van der Waals surface area contributed by atoms with Gasteiger partial charge in [0.25, 0.3) is 5.91 Å². The summed E-state index contributed by atoms with van der Waals surface area (Å²) in [6, 6.07) is 5.87. The molecule has 2 rings (SSSR count). The van der Waals surface area contributed by atoms with E-state index in [2.05, 4.69) is 5.32 Å². The van der Waals surface area contributed by atoms with Crippen LogP contribution in [0.4, 0.5) is 0 Å². The lowest BCUT2D eigenvalue weighted by Crippen LogP contribution is -2.51. The zero-order valence-electron chi connectivity index (χ0n) is 15.1. The predicted molar refractivity (Wildman–Crippen MR) is 99.1 cm³/mol. The highest BCUT2D eigenvalue weighted by Gasteiger charge is 2.31. The Bertz CT molecular complexity index is 652. The maximum Gasteiger partial charge on any atom is 0.306 e. The smallest absolute Gasteiger partial charge is 0.306 e. The zero-order chi connectivity index (χ0) is 19.3. The molecular weight excluding hydrogens is 356 g/mol. The van der Waals surface area contributed by atoms with Gasteiger partial charge in [-0.15, -0.1) is 0 Å². The maximum atomic E-state index is 12.9. The normalized spacial score (nSPS) is 16.4. The first kappa shape index (κ1) is 20.2. The van der Waals surface area contributed by atoms with E-state index in [-0.39, 0.29) is 17.7 Å². The Morgan fingerprint density at radius 2 is 1.77 bits per heavy atom. The molecule has 1 unspecified atom stereocenters. The van der Waals surface area contributed by atoms with Crippen molar-refractivity contribution in [3.05, 3.63) is 34.9 Å². The van der Waals surface area contributed by atoms with Gasteiger partial charge in [-0.05, 0) is 49.4 Å². The van der Waals surface area contributed by atoms with Crippen LogP contribution in [-0.4, -0.2) is 46.9 Å².